The number of fused-ring (bicyclic) bond motifs is 1. The summed E-state index contributed by atoms with van der Waals surface area (Å²) in [5.41, 5.74) is 0.269. The summed E-state index contributed by atoms with van der Waals surface area (Å²) in [6.45, 7) is 6.66. The van der Waals surface area contributed by atoms with Gasteiger partial charge in [-0.1, -0.05) is 29.5 Å². The van der Waals surface area contributed by atoms with Gasteiger partial charge in [0.15, 0.2) is 5.69 Å². The fourth-order valence-corrected chi connectivity index (χ4v) is 3.78. The number of carbonyl (C=O) groups is 2. The maximum absolute atomic E-state index is 12.8. The van der Waals surface area contributed by atoms with Crippen LogP contribution in [0.15, 0.2) is 42.6 Å². The molecule has 9 heteroatoms. The molecule has 1 aromatic heterocycles. The van der Waals surface area contributed by atoms with Crippen LogP contribution in [0.2, 0.25) is 0 Å². The number of nitrogens with zero attached hydrogens (tertiary/aromatic N) is 4. The van der Waals surface area contributed by atoms with Gasteiger partial charge in [0.2, 0.25) is 0 Å². The van der Waals surface area contributed by atoms with Crippen LogP contribution in [0.4, 0.5) is 10.5 Å². The van der Waals surface area contributed by atoms with Crippen LogP contribution in [-0.2, 0) is 4.74 Å². The highest BCUT2D eigenvalue weighted by atomic mass is 16.6. The molecule has 0 spiro atoms. The Kier molecular flexibility index (Phi) is 5.73. The van der Waals surface area contributed by atoms with Crippen LogP contribution in [0.1, 0.15) is 50.1 Å². The molecule has 9 nitrogen and oxygen atoms in total. The molecule has 1 aliphatic heterocycles. The van der Waals surface area contributed by atoms with Gasteiger partial charge in [0.25, 0.3) is 5.91 Å². The van der Waals surface area contributed by atoms with Crippen molar-refractivity contribution in [2.24, 2.45) is 0 Å². The highest BCUT2D eigenvalue weighted by Crippen LogP contribution is 2.31. The van der Waals surface area contributed by atoms with Crippen molar-refractivity contribution in [2.45, 2.75) is 45.3 Å². The van der Waals surface area contributed by atoms with Gasteiger partial charge in [-0.2, -0.15) is 0 Å². The van der Waals surface area contributed by atoms with Crippen molar-refractivity contribution in [1.29, 1.82) is 0 Å². The maximum atomic E-state index is 12.8. The summed E-state index contributed by atoms with van der Waals surface area (Å²) in [7, 11) is 0. The Morgan fingerprint density at radius 2 is 1.78 bits per heavy atom. The number of carbonyl (C=O) groups excluding carboxylic acids is 2. The van der Waals surface area contributed by atoms with E-state index in [1.54, 1.807) is 34.0 Å². The van der Waals surface area contributed by atoms with Gasteiger partial charge >= 0.3 is 6.09 Å². The van der Waals surface area contributed by atoms with E-state index in [2.05, 4.69) is 15.6 Å². The van der Waals surface area contributed by atoms with E-state index in [0.717, 1.165) is 5.39 Å². The molecule has 2 amide bonds. The van der Waals surface area contributed by atoms with Crippen molar-refractivity contribution >= 4 is 28.5 Å². The largest absolute Gasteiger partial charge is 0.507 e. The second-order valence-corrected chi connectivity index (χ2v) is 8.91. The average Bonchev–Trinajstić information content (AvgIpc) is 3.25. The third-order valence-electron chi connectivity index (χ3n) is 5.38. The number of benzene rings is 2. The first-order chi connectivity index (χ1) is 15.2. The number of aromatic nitrogens is 3. The van der Waals surface area contributed by atoms with Crippen LogP contribution in [-0.4, -0.2) is 55.7 Å². The van der Waals surface area contributed by atoms with Crippen molar-refractivity contribution < 1.29 is 19.4 Å². The van der Waals surface area contributed by atoms with Crippen LogP contribution in [0, 0.1) is 0 Å². The molecule has 0 atom stereocenters. The SMILES string of the molecule is CC(C)(C)OC(=O)N1CCC(n2cc(C(=O)Nc3ccc(O)c4ccccc34)nn2)CC1. The first-order valence-electron chi connectivity index (χ1n) is 10.6. The molecular formula is C23H27N5O4. The van der Waals surface area contributed by atoms with Crippen LogP contribution < -0.4 is 5.32 Å². The lowest BCUT2D eigenvalue weighted by molar-refractivity contribution is 0.0184. The van der Waals surface area contributed by atoms with Crippen LogP contribution in [0.25, 0.3) is 10.8 Å². The van der Waals surface area contributed by atoms with E-state index in [4.69, 9.17) is 4.74 Å². The van der Waals surface area contributed by atoms with Gasteiger partial charge in [-0.05, 0) is 45.7 Å². The van der Waals surface area contributed by atoms with Crippen molar-refractivity contribution in [3.8, 4) is 5.75 Å². The quantitative estimate of drug-likeness (QED) is 0.600. The molecule has 1 aliphatic rings. The number of rotatable bonds is 3. The molecule has 2 aromatic carbocycles. The lowest BCUT2D eigenvalue weighted by Gasteiger charge is -2.33. The topological polar surface area (TPSA) is 110 Å². The molecule has 0 aliphatic carbocycles. The molecule has 168 valence electrons. The summed E-state index contributed by atoms with van der Waals surface area (Å²) in [4.78, 5) is 26.7. The van der Waals surface area contributed by atoms with Gasteiger partial charge in [-0.25, -0.2) is 9.48 Å². The summed E-state index contributed by atoms with van der Waals surface area (Å²) in [5.74, 6) is -0.222. The fourth-order valence-electron chi connectivity index (χ4n) is 3.78. The number of nitrogens with one attached hydrogen (secondary N) is 1. The van der Waals surface area contributed by atoms with Gasteiger partial charge < -0.3 is 20.1 Å². The molecule has 1 saturated heterocycles. The molecule has 2 heterocycles. The highest BCUT2D eigenvalue weighted by molar-refractivity contribution is 6.09. The number of hydrogen-bond acceptors (Lipinski definition) is 6. The predicted octanol–water partition coefficient (Wildman–Crippen LogP) is 3.96. The maximum Gasteiger partial charge on any atom is 0.410 e. The zero-order valence-electron chi connectivity index (χ0n) is 18.4. The molecule has 2 N–H and O–H groups in total. The number of aromatic hydroxyl groups is 1. The number of phenols is 1. The standard InChI is InChI=1S/C23H27N5O4/c1-23(2,3)32-22(31)27-12-10-15(11-13-27)28-14-19(25-26-28)21(30)24-18-8-9-20(29)17-7-5-4-6-16(17)18/h4-9,14-15,29H,10-13H2,1-3H3,(H,24,30). The Morgan fingerprint density at radius 1 is 1.09 bits per heavy atom. The van der Waals surface area contributed by atoms with E-state index >= 15 is 0 Å². The molecular weight excluding hydrogens is 410 g/mol. The van der Waals surface area contributed by atoms with Gasteiger partial charge in [0, 0.05) is 29.5 Å². The molecule has 32 heavy (non-hydrogen) atoms. The summed E-state index contributed by atoms with van der Waals surface area (Å²) in [5, 5.41) is 22.5. The number of ether oxygens (including phenoxy) is 1. The third-order valence-corrected chi connectivity index (χ3v) is 5.38. The van der Waals surface area contributed by atoms with E-state index < -0.39 is 5.60 Å². The zero-order valence-corrected chi connectivity index (χ0v) is 18.4. The highest BCUT2D eigenvalue weighted by Gasteiger charge is 2.28. The molecule has 1 fully saturated rings. The number of likely N-dealkylation sites (tertiary alicyclic amines) is 1. The van der Waals surface area contributed by atoms with Gasteiger partial charge in [0.1, 0.15) is 11.4 Å². The van der Waals surface area contributed by atoms with Crippen LogP contribution in [0.3, 0.4) is 0 Å². The van der Waals surface area contributed by atoms with E-state index in [9.17, 15) is 14.7 Å². The van der Waals surface area contributed by atoms with E-state index in [-0.39, 0.29) is 29.5 Å². The van der Waals surface area contributed by atoms with Crippen LogP contribution in [0.5, 0.6) is 5.75 Å². The minimum atomic E-state index is -0.523. The first-order valence-corrected chi connectivity index (χ1v) is 10.6. The van der Waals surface area contributed by atoms with E-state index in [1.807, 2.05) is 39.0 Å². The third kappa shape index (κ3) is 4.66. The lowest BCUT2D eigenvalue weighted by atomic mass is 10.1. The van der Waals surface area contributed by atoms with E-state index in [0.29, 0.717) is 37.0 Å². The minimum Gasteiger partial charge on any atom is -0.507 e. The van der Waals surface area contributed by atoms with Crippen molar-refractivity contribution in [2.75, 3.05) is 18.4 Å². The summed E-state index contributed by atoms with van der Waals surface area (Å²) in [6.07, 6.45) is 2.72. The summed E-state index contributed by atoms with van der Waals surface area (Å²) >= 11 is 0. The lowest BCUT2D eigenvalue weighted by Crippen LogP contribution is -2.42. The number of piperidine rings is 1. The monoisotopic (exact) mass is 437 g/mol. The van der Waals surface area contributed by atoms with Crippen molar-refractivity contribution in [1.82, 2.24) is 19.9 Å². The summed E-state index contributed by atoms with van der Waals surface area (Å²) in [6, 6.07) is 10.6. The molecule has 4 rings (SSSR count). The molecule has 0 bridgehead atoms. The Morgan fingerprint density at radius 3 is 2.47 bits per heavy atom. The van der Waals surface area contributed by atoms with Crippen molar-refractivity contribution in [3.05, 3.63) is 48.3 Å². The Labute approximate surface area is 186 Å². The fraction of sp³-hybridized carbons (Fsp3) is 0.391. The number of hydrogen-bond donors (Lipinski definition) is 2. The Hall–Kier alpha value is -3.62. The number of anilines is 1. The Balaban J connectivity index is 1.40. The molecule has 3 aromatic rings. The molecule has 0 unspecified atom stereocenters. The number of amides is 2. The first kappa shape index (κ1) is 21.6. The second kappa shape index (κ2) is 8.49. The molecule has 0 saturated carbocycles. The average molecular weight is 438 g/mol. The van der Waals surface area contributed by atoms with Gasteiger partial charge in [0.05, 0.1) is 12.2 Å². The Bertz CT molecular complexity index is 1140. The normalized spacial score (nSPS) is 15.0. The molecule has 0 radical (unpaired) electrons. The van der Waals surface area contributed by atoms with E-state index in [1.165, 1.54) is 0 Å². The summed E-state index contributed by atoms with van der Waals surface area (Å²) < 4.78 is 7.12. The predicted molar refractivity (Wildman–Crippen MR) is 120 cm³/mol. The second-order valence-electron chi connectivity index (χ2n) is 8.91. The van der Waals surface area contributed by atoms with Crippen LogP contribution >= 0.6 is 0 Å². The van der Waals surface area contributed by atoms with Crippen molar-refractivity contribution in [3.63, 3.8) is 0 Å². The number of phenolic OH excluding ortho intramolecular Hbond substituents is 1. The zero-order chi connectivity index (χ0) is 22.9. The minimum absolute atomic E-state index is 0.0530. The van der Waals surface area contributed by atoms with Gasteiger partial charge in [-0.3, -0.25) is 4.79 Å². The van der Waals surface area contributed by atoms with Gasteiger partial charge in [-0.15, -0.1) is 5.10 Å². The smallest absolute Gasteiger partial charge is 0.410 e.